The Morgan fingerprint density at radius 1 is 1.39 bits per heavy atom. The Balaban J connectivity index is 1.83. The van der Waals surface area contributed by atoms with Crippen LogP contribution in [0, 0.1) is 5.82 Å². The van der Waals surface area contributed by atoms with Gasteiger partial charge in [0.05, 0.1) is 12.4 Å². The van der Waals surface area contributed by atoms with Crippen LogP contribution < -0.4 is 10.0 Å². The number of para-hydroxylation sites is 1. The number of aromatic nitrogens is 2. The molecular weight excluding hydrogens is 319 g/mol. The summed E-state index contributed by atoms with van der Waals surface area (Å²) in [7, 11) is -3.69. The highest BCUT2D eigenvalue weighted by atomic mass is 32.2. The fourth-order valence-corrected chi connectivity index (χ4v) is 3.97. The first kappa shape index (κ1) is 16.1. The summed E-state index contributed by atoms with van der Waals surface area (Å²) >= 11 is 0. The molecule has 0 bridgehead atoms. The quantitative estimate of drug-likeness (QED) is 0.884. The van der Waals surface area contributed by atoms with Gasteiger partial charge < -0.3 is 5.32 Å². The first-order valence-corrected chi connectivity index (χ1v) is 9.01. The van der Waals surface area contributed by atoms with Crippen molar-refractivity contribution in [2.45, 2.75) is 36.7 Å². The van der Waals surface area contributed by atoms with E-state index in [9.17, 15) is 12.8 Å². The number of hydrogen-bond donors (Lipinski definition) is 2. The molecule has 0 saturated carbocycles. The van der Waals surface area contributed by atoms with Crippen molar-refractivity contribution in [3.63, 3.8) is 0 Å². The second kappa shape index (κ2) is 6.38. The third kappa shape index (κ3) is 3.44. The van der Waals surface area contributed by atoms with E-state index >= 15 is 0 Å². The van der Waals surface area contributed by atoms with Crippen LogP contribution in [0.4, 0.5) is 4.39 Å². The van der Waals surface area contributed by atoms with Crippen LogP contribution in [0.1, 0.15) is 19.8 Å². The Hall–Kier alpha value is -1.77. The Morgan fingerprint density at radius 3 is 2.91 bits per heavy atom. The number of nitrogens with zero attached hydrogens (tertiary/aromatic N) is 2. The number of hydrogen-bond acceptors (Lipinski definition) is 4. The van der Waals surface area contributed by atoms with Crippen LogP contribution in [0.25, 0.3) is 5.69 Å². The van der Waals surface area contributed by atoms with Crippen molar-refractivity contribution in [1.29, 1.82) is 0 Å². The minimum absolute atomic E-state index is 0.0264. The zero-order valence-electron chi connectivity index (χ0n) is 12.7. The van der Waals surface area contributed by atoms with Crippen LogP contribution >= 0.6 is 0 Å². The molecule has 2 N–H and O–H groups in total. The number of nitrogens with one attached hydrogen (secondary N) is 2. The molecule has 0 spiro atoms. The lowest BCUT2D eigenvalue weighted by Gasteiger charge is -2.30. The van der Waals surface area contributed by atoms with Crippen molar-refractivity contribution in [2.75, 3.05) is 6.54 Å². The molecule has 8 heteroatoms. The van der Waals surface area contributed by atoms with Crippen LogP contribution in [0.2, 0.25) is 0 Å². The standard InChI is InChI=1S/C15H19FN4O2S/c1-11-14(6-4-8-17-11)19-23(21,22)12-9-18-20(10-12)15-7-3-2-5-13(15)16/h2-3,5,7,9-11,14,17,19H,4,6,8H2,1H3. The molecule has 2 unspecified atom stereocenters. The lowest BCUT2D eigenvalue weighted by Crippen LogP contribution is -2.51. The van der Waals surface area contributed by atoms with Gasteiger partial charge in [-0.1, -0.05) is 12.1 Å². The molecule has 6 nitrogen and oxygen atoms in total. The zero-order chi connectivity index (χ0) is 16.4. The van der Waals surface area contributed by atoms with E-state index in [1.54, 1.807) is 18.2 Å². The summed E-state index contributed by atoms with van der Waals surface area (Å²) in [6.45, 7) is 2.85. The van der Waals surface area contributed by atoms with E-state index in [0.717, 1.165) is 19.4 Å². The normalized spacial score (nSPS) is 22.2. The van der Waals surface area contributed by atoms with E-state index in [0.29, 0.717) is 0 Å². The van der Waals surface area contributed by atoms with Crippen molar-refractivity contribution in [2.24, 2.45) is 0 Å². The highest BCUT2D eigenvalue weighted by Gasteiger charge is 2.27. The lowest BCUT2D eigenvalue weighted by molar-refractivity contribution is 0.349. The van der Waals surface area contributed by atoms with Crippen LogP contribution in [-0.4, -0.2) is 36.8 Å². The predicted octanol–water partition coefficient (Wildman–Crippen LogP) is 1.43. The van der Waals surface area contributed by atoms with Gasteiger partial charge in [0.2, 0.25) is 10.0 Å². The molecule has 1 saturated heterocycles. The number of halogens is 1. The third-order valence-electron chi connectivity index (χ3n) is 4.04. The van der Waals surface area contributed by atoms with E-state index in [2.05, 4.69) is 15.1 Å². The molecule has 124 valence electrons. The summed E-state index contributed by atoms with van der Waals surface area (Å²) < 4.78 is 42.7. The number of rotatable bonds is 4. The smallest absolute Gasteiger partial charge is 0.244 e. The third-order valence-corrected chi connectivity index (χ3v) is 5.48. The van der Waals surface area contributed by atoms with E-state index in [1.165, 1.54) is 23.1 Å². The molecule has 1 aliphatic heterocycles. The Labute approximate surface area is 134 Å². The van der Waals surface area contributed by atoms with Gasteiger partial charge in [-0.05, 0) is 38.4 Å². The molecule has 2 aromatic rings. The van der Waals surface area contributed by atoms with Gasteiger partial charge in [0, 0.05) is 12.1 Å². The monoisotopic (exact) mass is 338 g/mol. The average Bonchev–Trinajstić information content (AvgIpc) is 3.00. The molecule has 1 aromatic heterocycles. The summed E-state index contributed by atoms with van der Waals surface area (Å²) in [5.74, 6) is -0.461. The van der Waals surface area contributed by atoms with E-state index in [-0.39, 0.29) is 22.7 Å². The van der Waals surface area contributed by atoms with E-state index in [4.69, 9.17) is 0 Å². The molecule has 0 aliphatic carbocycles. The number of piperidine rings is 1. The van der Waals surface area contributed by atoms with E-state index in [1.807, 2.05) is 6.92 Å². The topological polar surface area (TPSA) is 76.0 Å². The Morgan fingerprint density at radius 2 is 2.17 bits per heavy atom. The molecule has 0 radical (unpaired) electrons. The van der Waals surface area contributed by atoms with Crippen LogP contribution in [-0.2, 0) is 10.0 Å². The van der Waals surface area contributed by atoms with Gasteiger partial charge in [-0.15, -0.1) is 0 Å². The molecule has 0 amide bonds. The molecule has 2 heterocycles. The van der Waals surface area contributed by atoms with Gasteiger partial charge in [0.15, 0.2) is 0 Å². The molecule has 1 aliphatic rings. The number of sulfonamides is 1. The second-order valence-electron chi connectivity index (χ2n) is 5.68. The fraction of sp³-hybridized carbons (Fsp3) is 0.400. The molecule has 3 rings (SSSR count). The minimum Gasteiger partial charge on any atom is -0.313 e. The predicted molar refractivity (Wildman–Crippen MR) is 84.3 cm³/mol. The van der Waals surface area contributed by atoms with Crippen molar-refractivity contribution in [3.8, 4) is 5.69 Å². The average molecular weight is 338 g/mol. The summed E-state index contributed by atoms with van der Waals surface area (Å²) in [6, 6.07) is 5.99. The molecular formula is C15H19FN4O2S. The van der Waals surface area contributed by atoms with Crippen molar-refractivity contribution < 1.29 is 12.8 Å². The van der Waals surface area contributed by atoms with E-state index < -0.39 is 15.8 Å². The lowest BCUT2D eigenvalue weighted by atomic mass is 10.0. The van der Waals surface area contributed by atoms with Gasteiger partial charge in [0.1, 0.15) is 16.4 Å². The van der Waals surface area contributed by atoms with Gasteiger partial charge in [-0.2, -0.15) is 5.10 Å². The second-order valence-corrected chi connectivity index (χ2v) is 7.40. The summed E-state index contributed by atoms with van der Waals surface area (Å²) in [5.41, 5.74) is 0.210. The highest BCUT2D eigenvalue weighted by molar-refractivity contribution is 7.89. The van der Waals surface area contributed by atoms with Crippen LogP contribution in [0.3, 0.4) is 0 Å². The van der Waals surface area contributed by atoms with Crippen molar-refractivity contribution in [1.82, 2.24) is 19.8 Å². The maximum absolute atomic E-state index is 13.8. The maximum Gasteiger partial charge on any atom is 0.244 e. The van der Waals surface area contributed by atoms with Crippen LogP contribution in [0.5, 0.6) is 0 Å². The molecule has 2 atom stereocenters. The number of benzene rings is 1. The first-order valence-electron chi connectivity index (χ1n) is 7.53. The highest BCUT2D eigenvalue weighted by Crippen LogP contribution is 2.17. The van der Waals surface area contributed by atoms with Gasteiger partial charge >= 0.3 is 0 Å². The summed E-state index contributed by atoms with van der Waals surface area (Å²) in [6.07, 6.45) is 4.26. The molecule has 1 aromatic carbocycles. The first-order chi connectivity index (χ1) is 11.0. The largest absolute Gasteiger partial charge is 0.313 e. The Kier molecular flexibility index (Phi) is 4.47. The van der Waals surface area contributed by atoms with Crippen LogP contribution in [0.15, 0.2) is 41.6 Å². The fourth-order valence-electron chi connectivity index (χ4n) is 2.69. The van der Waals surface area contributed by atoms with Gasteiger partial charge in [-0.25, -0.2) is 22.2 Å². The molecule has 1 fully saturated rings. The SMILES string of the molecule is CC1NCCCC1NS(=O)(=O)c1cnn(-c2ccccc2F)c1. The van der Waals surface area contributed by atoms with Gasteiger partial charge in [-0.3, -0.25) is 0 Å². The maximum atomic E-state index is 13.8. The van der Waals surface area contributed by atoms with Gasteiger partial charge in [0.25, 0.3) is 0 Å². The molecule has 23 heavy (non-hydrogen) atoms. The summed E-state index contributed by atoms with van der Waals surface area (Å²) in [4.78, 5) is 0.0264. The Bertz CT molecular complexity index is 790. The van der Waals surface area contributed by atoms with Crippen molar-refractivity contribution >= 4 is 10.0 Å². The summed E-state index contributed by atoms with van der Waals surface area (Å²) in [5, 5.41) is 7.21. The zero-order valence-corrected chi connectivity index (χ0v) is 13.6. The minimum atomic E-state index is -3.69. The van der Waals surface area contributed by atoms with Crippen molar-refractivity contribution in [3.05, 3.63) is 42.5 Å².